The van der Waals surface area contributed by atoms with Gasteiger partial charge in [-0.3, -0.25) is 0 Å². The van der Waals surface area contributed by atoms with E-state index in [-0.39, 0.29) is 6.09 Å². The number of ether oxygens (including phenoxy) is 2. The van der Waals surface area contributed by atoms with E-state index in [0.29, 0.717) is 24.2 Å². The van der Waals surface area contributed by atoms with Crippen molar-refractivity contribution >= 4 is 6.09 Å². The molecular weight excluding hydrogens is 146 g/mol. The molecule has 0 spiro atoms. The van der Waals surface area contributed by atoms with Crippen molar-refractivity contribution in [3.05, 3.63) is 0 Å². The molecule has 4 atom stereocenters. The number of carbonyl (C=O) groups excluding carboxylic acids is 1. The summed E-state index contributed by atoms with van der Waals surface area (Å²) < 4.78 is 9.90. The Balaban J connectivity index is 1.71. The average Bonchev–Trinajstić information content (AvgIpc) is 2.62. The fraction of sp³-hybridized carbons (Fsp3) is 0.857. The number of amides is 1. The summed E-state index contributed by atoms with van der Waals surface area (Å²) in [7, 11) is 1.42. The fourth-order valence-electron chi connectivity index (χ4n) is 2.19. The van der Waals surface area contributed by atoms with E-state index in [2.05, 4.69) is 4.74 Å². The number of piperidine rings is 1. The van der Waals surface area contributed by atoms with E-state index in [0.717, 1.165) is 6.54 Å². The Morgan fingerprint density at radius 2 is 2.45 bits per heavy atom. The molecule has 3 aliphatic rings. The molecule has 0 aromatic rings. The molecule has 2 aliphatic heterocycles. The standard InChI is InChI=1S/C7H9NO3/c1-10-7(9)8-2-3-4(8)6-5(3)11-6/h3-6H,2H2,1H3. The molecule has 11 heavy (non-hydrogen) atoms. The summed E-state index contributed by atoms with van der Waals surface area (Å²) in [5.74, 6) is 0.624. The minimum atomic E-state index is -0.208. The minimum absolute atomic E-state index is 0.208. The zero-order valence-corrected chi connectivity index (χ0v) is 6.19. The van der Waals surface area contributed by atoms with Crippen LogP contribution in [0.4, 0.5) is 4.79 Å². The first kappa shape index (κ1) is 5.83. The molecule has 60 valence electrons. The molecule has 4 nitrogen and oxygen atoms in total. The van der Waals surface area contributed by atoms with Crippen LogP contribution in [-0.4, -0.2) is 42.9 Å². The van der Waals surface area contributed by atoms with Crippen LogP contribution in [0.2, 0.25) is 0 Å². The van der Waals surface area contributed by atoms with E-state index < -0.39 is 0 Å². The van der Waals surface area contributed by atoms with Gasteiger partial charge in [-0.2, -0.15) is 0 Å². The van der Waals surface area contributed by atoms with Crippen LogP contribution in [0.3, 0.4) is 0 Å². The summed E-state index contributed by atoms with van der Waals surface area (Å²) in [6.45, 7) is 0.832. The maximum atomic E-state index is 11.0. The number of rotatable bonds is 0. The summed E-state index contributed by atoms with van der Waals surface area (Å²) in [4.78, 5) is 12.7. The zero-order chi connectivity index (χ0) is 7.59. The lowest BCUT2D eigenvalue weighted by atomic mass is 9.71. The van der Waals surface area contributed by atoms with Crippen molar-refractivity contribution in [1.29, 1.82) is 0 Å². The summed E-state index contributed by atoms with van der Waals surface area (Å²) in [5, 5.41) is 0. The highest BCUT2D eigenvalue weighted by molar-refractivity contribution is 5.70. The third-order valence-electron chi connectivity index (χ3n) is 2.94. The zero-order valence-electron chi connectivity index (χ0n) is 6.19. The van der Waals surface area contributed by atoms with E-state index in [4.69, 9.17) is 4.74 Å². The van der Waals surface area contributed by atoms with E-state index in [1.54, 1.807) is 4.90 Å². The van der Waals surface area contributed by atoms with Crippen LogP contribution < -0.4 is 0 Å². The van der Waals surface area contributed by atoms with Gasteiger partial charge in [0, 0.05) is 12.5 Å². The normalized spacial score (nSPS) is 49.7. The molecule has 2 heterocycles. The molecule has 2 saturated heterocycles. The monoisotopic (exact) mass is 155 g/mol. The first-order valence-corrected chi connectivity index (χ1v) is 3.83. The second kappa shape index (κ2) is 1.53. The van der Waals surface area contributed by atoms with Gasteiger partial charge in [0.2, 0.25) is 0 Å². The minimum Gasteiger partial charge on any atom is -0.453 e. The van der Waals surface area contributed by atoms with E-state index >= 15 is 0 Å². The SMILES string of the molecule is COC(=O)N1CC2C3OC3C21. The lowest BCUT2D eigenvalue weighted by molar-refractivity contribution is -0.0182. The van der Waals surface area contributed by atoms with Crippen molar-refractivity contribution in [3.63, 3.8) is 0 Å². The average molecular weight is 155 g/mol. The predicted molar refractivity (Wildman–Crippen MR) is 35.1 cm³/mol. The molecule has 4 heteroatoms. The van der Waals surface area contributed by atoms with Crippen molar-refractivity contribution < 1.29 is 14.3 Å². The van der Waals surface area contributed by atoms with Crippen LogP contribution in [0, 0.1) is 5.92 Å². The molecule has 0 aromatic heterocycles. The summed E-state index contributed by atoms with van der Waals surface area (Å²) in [6.07, 6.45) is 0.633. The van der Waals surface area contributed by atoms with Crippen LogP contribution in [0.25, 0.3) is 0 Å². The van der Waals surface area contributed by atoms with Crippen molar-refractivity contribution in [2.75, 3.05) is 13.7 Å². The Hall–Kier alpha value is -0.770. The highest BCUT2D eigenvalue weighted by Gasteiger charge is 2.72. The van der Waals surface area contributed by atoms with Crippen molar-refractivity contribution in [3.8, 4) is 0 Å². The molecule has 3 rings (SSSR count). The highest BCUT2D eigenvalue weighted by atomic mass is 16.6. The van der Waals surface area contributed by atoms with Crippen LogP contribution in [-0.2, 0) is 9.47 Å². The number of hydrogen-bond donors (Lipinski definition) is 0. The van der Waals surface area contributed by atoms with Gasteiger partial charge in [0.1, 0.15) is 6.10 Å². The molecule has 1 amide bonds. The Bertz CT molecular complexity index is 230. The molecule has 4 unspecified atom stereocenters. The molecule has 0 bridgehead atoms. The number of likely N-dealkylation sites (tertiary alicyclic amines) is 1. The summed E-state index contributed by atoms with van der Waals surface area (Å²) in [5.41, 5.74) is 0. The first-order chi connectivity index (χ1) is 5.33. The fourth-order valence-corrected chi connectivity index (χ4v) is 2.19. The number of fused-ring (bicyclic) bond motifs is 4. The quantitative estimate of drug-likeness (QED) is 0.456. The van der Waals surface area contributed by atoms with Crippen molar-refractivity contribution in [2.24, 2.45) is 5.92 Å². The Morgan fingerprint density at radius 3 is 3.09 bits per heavy atom. The lowest BCUT2D eigenvalue weighted by Crippen LogP contribution is -2.69. The van der Waals surface area contributed by atoms with Crippen LogP contribution in [0.5, 0.6) is 0 Å². The first-order valence-electron chi connectivity index (χ1n) is 3.83. The Morgan fingerprint density at radius 1 is 1.64 bits per heavy atom. The second-order valence-electron chi connectivity index (χ2n) is 3.34. The van der Waals surface area contributed by atoms with Gasteiger partial charge in [-0.25, -0.2) is 4.79 Å². The number of methoxy groups -OCH3 is 1. The summed E-state index contributed by atoms with van der Waals surface area (Å²) in [6, 6.07) is 0.354. The topological polar surface area (TPSA) is 42.1 Å². The van der Waals surface area contributed by atoms with Gasteiger partial charge < -0.3 is 14.4 Å². The summed E-state index contributed by atoms with van der Waals surface area (Å²) >= 11 is 0. The number of nitrogens with zero attached hydrogens (tertiary/aromatic N) is 1. The van der Waals surface area contributed by atoms with Crippen LogP contribution in [0.15, 0.2) is 0 Å². The van der Waals surface area contributed by atoms with Crippen LogP contribution >= 0.6 is 0 Å². The van der Waals surface area contributed by atoms with Gasteiger partial charge in [0.15, 0.2) is 0 Å². The third kappa shape index (κ3) is 0.495. The van der Waals surface area contributed by atoms with Gasteiger partial charge in [0.05, 0.1) is 19.3 Å². The molecule has 0 radical (unpaired) electrons. The van der Waals surface area contributed by atoms with Crippen LogP contribution in [0.1, 0.15) is 0 Å². The van der Waals surface area contributed by atoms with Gasteiger partial charge in [-0.1, -0.05) is 0 Å². The molecule has 1 saturated carbocycles. The maximum absolute atomic E-state index is 11.0. The lowest BCUT2D eigenvalue weighted by Gasteiger charge is -2.50. The van der Waals surface area contributed by atoms with Crippen molar-refractivity contribution in [1.82, 2.24) is 4.90 Å². The molecule has 0 aromatic carbocycles. The van der Waals surface area contributed by atoms with Gasteiger partial charge in [0.25, 0.3) is 0 Å². The molecule has 0 N–H and O–H groups in total. The van der Waals surface area contributed by atoms with E-state index in [1.165, 1.54) is 7.11 Å². The molecular formula is C7H9NO3. The second-order valence-corrected chi connectivity index (χ2v) is 3.34. The number of hydrogen-bond acceptors (Lipinski definition) is 3. The number of carbonyl (C=O) groups is 1. The predicted octanol–water partition coefficient (Wildman–Crippen LogP) is -0.166. The van der Waals surface area contributed by atoms with Gasteiger partial charge >= 0.3 is 6.09 Å². The number of epoxide rings is 1. The van der Waals surface area contributed by atoms with Crippen molar-refractivity contribution in [2.45, 2.75) is 18.2 Å². The van der Waals surface area contributed by atoms with Gasteiger partial charge in [-0.05, 0) is 0 Å². The maximum Gasteiger partial charge on any atom is 0.409 e. The smallest absolute Gasteiger partial charge is 0.409 e. The molecule has 3 fully saturated rings. The highest BCUT2D eigenvalue weighted by Crippen LogP contribution is 2.55. The molecule has 1 aliphatic carbocycles. The Labute approximate surface area is 64.1 Å². The largest absolute Gasteiger partial charge is 0.453 e. The van der Waals surface area contributed by atoms with E-state index in [9.17, 15) is 4.79 Å². The third-order valence-corrected chi connectivity index (χ3v) is 2.94. The van der Waals surface area contributed by atoms with E-state index in [1.807, 2.05) is 0 Å². The Kier molecular flexibility index (Phi) is 0.809. The van der Waals surface area contributed by atoms with Gasteiger partial charge in [-0.15, -0.1) is 0 Å².